The summed E-state index contributed by atoms with van der Waals surface area (Å²) in [7, 11) is 1.48. The molecule has 0 unspecified atom stereocenters. The second kappa shape index (κ2) is 10.3. The smallest absolute Gasteiger partial charge is 0.343 e. The van der Waals surface area contributed by atoms with Crippen LogP contribution in [0.4, 0.5) is 5.69 Å². The van der Waals surface area contributed by atoms with Gasteiger partial charge in [-0.1, -0.05) is 58.0 Å². The molecule has 3 aromatic carbocycles. The van der Waals surface area contributed by atoms with Crippen LogP contribution in [0.1, 0.15) is 84.9 Å². The molecule has 37 heavy (non-hydrogen) atoms. The molecule has 0 aliphatic heterocycles. The Bertz CT molecular complexity index is 1370. The first-order valence-corrected chi connectivity index (χ1v) is 12.6. The number of methoxy groups -OCH3 is 1. The lowest BCUT2D eigenvalue weighted by atomic mass is 9.63. The van der Waals surface area contributed by atoms with Crippen molar-refractivity contribution in [1.82, 2.24) is 0 Å². The maximum absolute atomic E-state index is 13.2. The van der Waals surface area contributed by atoms with Gasteiger partial charge in [0.2, 0.25) is 0 Å². The maximum atomic E-state index is 13.2. The Morgan fingerprint density at radius 3 is 2.32 bits per heavy atom. The van der Waals surface area contributed by atoms with Gasteiger partial charge in [-0.25, -0.2) is 4.79 Å². The fourth-order valence-electron chi connectivity index (χ4n) is 4.91. The average Bonchev–Trinajstić information content (AvgIpc) is 2.87. The van der Waals surface area contributed by atoms with Crippen LogP contribution in [0.15, 0.2) is 66.7 Å². The zero-order valence-corrected chi connectivity index (χ0v) is 22.5. The van der Waals surface area contributed by atoms with E-state index < -0.39 is 5.97 Å². The molecule has 0 spiro atoms. The number of amides is 1. The molecule has 0 fully saturated rings. The Kier molecular flexibility index (Phi) is 7.26. The number of hydrogen-bond acceptors (Lipinski definition) is 4. The Morgan fingerprint density at radius 2 is 1.62 bits per heavy atom. The summed E-state index contributed by atoms with van der Waals surface area (Å²) in [4.78, 5) is 26.0. The van der Waals surface area contributed by atoms with E-state index in [9.17, 15) is 9.59 Å². The Morgan fingerprint density at radius 1 is 0.892 bits per heavy atom. The van der Waals surface area contributed by atoms with E-state index in [-0.39, 0.29) is 16.7 Å². The maximum Gasteiger partial charge on any atom is 0.343 e. The molecule has 5 heteroatoms. The summed E-state index contributed by atoms with van der Waals surface area (Å²) < 4.78 is 11.0. The van der Waals surface area contributed by atoms with Crippen molar-refractivity contribution in [3.63, 3.8) is 0 Å². The van der Waals surface area contributed by atoms with E-state index in [2.05, 4.69) is 45.1 Å². The zero-order valence-electron chi connectivity index (χ0n) is 22.5. The van der Waals surface area contributed by atoms with Crippen molar-refractivity contribution < 1.29 is 19.1 Å². The molecule has 0 bridgehead atoms. The third-order valence-corrected chi connectivity index (χ3v) is 7.22. The fraction of sp³-hybridized carbons (Fsp3) is 0.312. The molecule has 0 radical (unpaired) electrons. The second-order valence-corrected chi connectivity index (χ2v) is 10.9. The van der Waals surface area contributed by atoms with E-state index in [4.69, 9.17) is 9.47 Å². The lowest BCUT2D eigenvalue weighted by Gasteiger charge is -2.42. The van der Waals surface area contributed by atoms with Crippen molar-refractivity contribution in [2.75, 3.05) is 12.4 Å². The van der Waals surface area contributed by atoms with Gasteiger partial charge in [-0.2, -0.15) is 0 Å². The van der Waals surface area contributed by atoms with E-state index in [0.717, 1.165) is 24.1 Å². The number of fused-ring (bicyclic) bond motifs is 1. The number of anilines is 1. The molecule has 192 valence electrons. The predicted octanol–water partition coefficient (Wildman–Crippen LogP) is 7.55. The summed E-state index contributed by atoms with van der Waals surface area (Å²) in [6, 6.07) is 18.2. The van der Waals surface area contributed by atoms with Crippen molar-refractivity contribution >= 4 is 23.6 Å². The first kappa shape index (κ1) is 26.2. The summed E-state index contributed by atoms with van der Waals surface area (Å²) in [5, 5.41) is 3.01. The molecular formula is C32H35NO4. The highest BCUT2D eigenvalue weighted by atomic mass is 16.5. The number of benzene rings is 3. The Hall–Kier alpha value is -3.86. The molecule has 1 aliphatic carbocycles. The molecule has 0 saturated heterocycles. The minimum atomic E-state index is -0.526. The largest absolute Gasteiger partial charge is 0.496 e. The summed E-state index contributed by atoms with van der Waals surface area (Å²) in [5.74, 6) is -0.0833. The van der Waals surface area contributed by atoms with Crippen LogP contribution in [0.25, 0.3) is 6.08 Å². The topological polar surface area (TPSA) is 64.6 Å². The SMILES string of the molecule is C/C=C/c1cccc(OC(=O)c2ccc(C(=O)Nc3ccc4c(c3)C(C)(C)CCC4(C)C)c(OC)c2)c1. The fourth-order valence-corrected chi connectivity index (χ4v) is 4.91. The minimum absolute atomic E-state index is 0.0393. The lowest BCUT2D eigenvalue weighted by Crippen LogP contribution is -2.33. The van der Waals surface area contributed by atoms with Crippen molar-refractivity contribution in [3.8, 4) is 11.5 Å². The normalized spacial score (nSPS) is 15.6. The molecule has 0 aromatic heterocycles. The number of nitrogens with one attached hydrogen (secondary N) is 1. The number of allylic oxidation sites excluding steroid dienone is 1. The van der Waals surface area contributed by atoms with E-state index >= 15 is 0 Å². The number of rotatable bonds is 6. The van der Waals surface area contributed by atoms with Crippen LogP contribution in [0.2, 0.25) is 0 Å². The van der Waals surface area contributed by atoms with E-state index in [0.29, 0.717) is 22.6 Å². The third-order valence-electron chi connectivity index (χ3n) is 7.22. The number of esters is 1. The van der Waals surface area contributed by atoms with Gasteiger partial charge in [0.25, 0.3) is 5.91 Å². The highest BCUT2D eigenvalue weighted by Crippen LogP contribution is 2.46. The van der Waals surface area contributed by atoms with Crippen molar-refractivity contribution in [1.29, 1.82) is 0 Å². The quantitative estimate of drug-likeness (QED) is 0.282. The first-order chi connectivity index (χ1) is 17.5. The number of ether oxygens (including phenoxy) is 2. The van der Waals surface area contributed by atoms with Gasteiger partial charge in [0.05, 0.1) is 18.2 Å². The van der Waals surface area contributed by atoms with Gasteiger partial charge in [0.1, 0.15) is 11.5 Å². The van der Waals surface area contributed by atoms with Gasteiger partial charge in [0, 0.05) is 5.69 Å². The highest BCUT2D eigenvalue weighted by Gasteiger charge is 2.37. The number of carbonyl (C=O) groups excluding carboxylic acids is 2. The molecular weight excluding hydrogens is 462 g/mol. The van der Waals surface area contributed by atoms with Crippen molar-refractivity contribution in [2.24, 2.45) is 0 Å². The predicted molar refractivity (Wildman–Crippen MR) is 149 cm³/mol. The Balaban J connectivity index is 1.54. The monoisotopic (exact) mass is 497 g/mol. The van der Waals surface area contributed by atoms with Gasteiger partial charge in [-0.3, -0.25) is 4.79 Å². The molecule has 1 N–H and O–H groups in total. The molecule has 4 rings (SSSR count). The molecule has 0 heterocycles. The van der Waals surface area contributed by atoms with Crippen LogP contribution in [-0.2, 0) is 10.8 Å². The van der Waals surface area contributed by atoms with Crippen LogP contribution < -0.4 is 14.8 Å². The van der Waals surface area contributed by atoms with Crippen LogP contribution in [-0.4, -0.2) is 19.0 Å². The van der Waals surface area contributed by atoms with Crippen LogP contribution in [0.3, 0.4) is 0 Å². The van der Waals surface area contributed by atoms with Crippen molar-refractivity contribution in [3.05, 3.63) is 94.6 Å². The molecule has 0 atom stereocenters. The molecule has 1 aliphatic rings. The van der Waals surface area contributed by atoms with Crippen LogP contribution >= 0.6 is 0 Å². The summed E-state index contributed by atoms with van der Waals surface area (Å²) >= 11 is 0. The lowest BCUT2D eigenvalue weighted by molar-refractivity contribution is 0.0733. The van der Waals surface area contributed by atoms with E-state index in [1.165, 1.54) is 24.3 Å². The van der Waals surface area contributed by atoms with Gasteiger partial charge < -0.3 is 14.8 Å². The van der Waals surface area contributed by atoms with Crippen LogP contribution in [0.5, 0.6) is 11.5 Å². The summed E-state index contributed by atoms with van der Waals surface area (Å²) in [6.07, 6.45) is 6.07. The van der Waals surface area contributed by atoms with Gasteiger partial charge >= 0.3 is 5.97 Å². The van der Waals surface area contributed by atoms with Gasteiger partial charge in [-0.15, -0.1) is 0 Å². The Labute approximate surface area is 219 Å². The van der Waals surface area contributed by atoms with Crippen LogP contribution in [0, 0.1) is 0 Å². The molecule has 0 saturated carbocycles. The molecule has 1 amide bonds. The minimum Gasteiger partial charge on any atom is -0.496 e. The van der Waals surface area contributed by atoms with Crippen molar-refractivity contribution in [2.45, 2.75) is 58.3 Å². The average molecular weight is 498 g/mol. The van der Waals surface area contributed by atoms with Gasteiger partial charge in [0.15, 0.2) is 0 Å². The third kappa shape index (κ3) is 5.61. The van der Waals surface area contributed by atoms with E-state index in [1.807, 2.05) is 37.3 Å². The number of hydrogen-bond donors (Lipinski definition) is 1. The molecule has 3 aromatic rings. The number of carbonyl (C=O) groups is 2. The molecule has 5 nitrogen and oxygen atoms in total. The highest BCUT2D eigenvalue weighted by molar-refractivity contribution is 6.07. The van der Waals surface area contributed by atoms with E-state index in [1.54, 1.807) is 24.3 Å². The summed E-state index contributed by atoms with van der Waals surface area (Å²) in [5.41, 5.74) is 5.05. The second-order valence-electron chi connectivity index (χ2n) is 10.9. The zero-order chi connectivity index (χ0) is 26.8. The van der Waals surface area contributed by atoms with Gasteiger partial charge in [-0.05, 0) is 89.8 Å². The summed E-state index contributed by atoms with van der Waals surface area (Å²) in [6.45, 7) is 11.0. The standard InChI is InChI=1S/C32H35NO4/c1-7-9-21-10-8-11-24(18-21)37-30(35)22-12-14-25(28(19-22)36-6)29(34)33-23-13-15-26-27(20-23)32(4,5)17-16-31(26,2)3/h7-15,18-20H,16-17H2,1-6H3,(H,33,34)/b9-7+. The first-order valence-electron chi connectivity index (χ1n) is 12.6.